The van der Waals surface area contributed by atoms with Crippen molar-refractivity contribution in [2.75, 3.05) is 0 Å². The van der Waals surface area contributed by atoms with Crippen LogP contribution in [0.25, 0.3) is 0 Å². The second-order valence-corrected chi connectivity index (χ2v) is 5.88. The van der Waals surface area contributed by atoms with Gasteiger partial charge in [0.1, 0.15) is 10.5 Å². The Kier molecular flexibility index (Phi) is 3.72. The Balaban J connectivity index is 2.81. The molecule has 0 aliphatic rings. The highest BCUT2D eigenvalue weighted by atomic mass is 32.2. The molecule has 1 aromatic rings. The zero-order chi connectivity index (χ0) is 13.2. The van der Waals surface area contributed by atoms with Gasteiger partial charge in [0.25, 0.3) is 0 Å². The normalized spacial score (nSPS) is 13.3. The van der Waals surface area contributed by atoms with Crippen molar-refractivity contribution < 1.29 is 28.4 Å². The quantitative estimate of drug-likeness (QED) is 0.821. The maximum Gasteiger partial charge on any atom is 0.371 e. The first kappa shape index (κ1) is 13.4. The van der Waals surface area contributed by atoms with Crippen molar-refractivity contribution in [3.05, 3.63) is 23.7 Å². The summed E-state index contributed by atoms with van der Waals surface area (Å²) in [7, 11) is -1.70. The Morgan fingerprint density at radius 2 is 1.94 bits per heavy atom. The predicted molar refractivity (Wildman–Crippen MR) is 59.2 cm³/mol. The van der Waals surface area contributed by atoms with E-state index in [4.69, 9.17) is 14.6 Å². The van der Waals surface area contributed by atoms with Crippen LogP contribution in [0.3, 0.4) is 0 Å². The molecule has 0 saturated heterocycles. The summed E-state index contributed by atoms with van der Waals surface area (Å²) in [5, 5.41) is 17.5. The third-order valence-corrected chi connectivity index (χ3v) is 4.09. The van der Waals surface area contributed by atoms with E-state index in [1.807, 2.05) is 0 Å². The standard InChI is InChI=1S/C10H12O6S/c1-10(2,9(13)14)17(15)5-6-3-4-7(16-6)8(11)12/h3-4H,5H2,1-2H3,(H,11,12)(H,13,14). The Hall–Kier alpha value is -1.63. The minimum atomic E-state index is -1.70. The van der Waals surface area contributed by atoms with E-state index in [0.717, 1.165) is 0 Å². The van der Waals surface area contributed by atoms with Crippen molar-refractivity contribution in [3.63, 3.8) is 0 Å². The first-order chi connectivity index (χ1) is 7.75. The summed E-state index contributed by atoms with van der Waals surface area (Å²) < 4.78 is 15.3. The fourth-order valence-corrected chi connectivity index (χ4v) is 1.95. The summed E-state index contributed by atoms with van der Waals surface area (Å²) in [6.07, 6.45) is 0. The molecule has 0 aromatic carbocycles. The van der Waals surface area contributed by atoms with Crippen molar-refractivity contribution in [3.8, 4) is 0 Å². The second kappa shape index (κ2) is 4.70. The van der Waals surface area contributed by atoms with Gasteiger partial charge < -0.3 is 14.6 Å². The van der Waals surface area contributed by atoms with Gasteiger partial charge in [-0.3, -0.25) is 9.00 Å². The van der Waals surface area contributed by atoms with Crippen molar-refractivity contribution in [1.29, 1.82) is 0 Å². The zero-order valence-electron chi connectivity index (χ0n) is 9.30. The van der Waals surface area contributed by atoms with Crippen LogP contribution in [0.5, 0.6) is 0 Å². The smallest absolute Gasteiger partial charge is 0.371 e. The number of hydrogen-bond acceptors (Lipinski definition) is 4. The highest BCUT2D eigenvalue weighted by Crippen LogP contribution is 2.19. The zero-order valence-corrected chi connectivity index (χ0v) is 10.1. The number of aromatic carboxylic acids is 1. The summed E-state index contributed by atoms with van der Waals surface area (Å²) in [6, 6.07) is 2.61. The van der Waals surface area contributed by atoms with E-state index in [1.54, 1.807) is 0 Å². The fourth-order valence-electron chi connectivity index (χ4n) is 0.977. The van der Waals surface area contributed by atoms with E-state index in [1.165, 1.54) is 26.0 Å². The molecule has 1 atom stereocenters. The lowest BCUT2D eigenvalue weighted by molar-refractivity contribution is -0.139. The number of rotatable bonds is 5. The summed E-state index contributed by atoms with van der Waals surface area (Å²) in [5.41, 5.74) is 0. The highest BCUT2D eigenvalue weighted by molar-refractivity contribution is 7.86. The number of carbonyl (C=O) groups is 2. The molecular formula is C10H12O6S. The van der Waals surface area contributed by atoms with Gasteiger partial charge in [-0.15, -0.1) is 0 Å². The molecule has 17 heavy (non-hydrogen) atoms. The molecular weight excluding hydrogens is 248 g/mol. The van der Waals surface area contributed by atoms with Gasteiger partial charge in [-0.25, -0.2) is 4.79 Å². The van der Waals surface area contributed by atoms with Gasteiger partial charge in [0, 0.05) is 10.8 Å². The minimum Gasteiger partial charge on any atom is -0.480 e. The van der Waals surface area contributed by atoms with Crippen molar-refractivity contribution in [1.82, 2.24) is 0 Å². The number of carboxylic acid groups (broad SMARTS) is 2. The molecule has 94 valence electrons. The largest absolute Gasteiger partial charge is 0.480 e. The molecule has 0 aliphatic heterocycles. The third-order valence-electron chi connectivity index (χ3n) is 2.23. The van der Waals surface area contributed by atoms with Crippen LogP contribution in [0.2, 0.25) is 0 Å². The minimum absolute atomic E-state index is 0.132. The molecule has 0 aliphatic carbocycles. The van der Waals surface area contributed by atoms with Crippen LogP contribution in [0.15, 0.2) is 16.5 Å². The fraction of sp³-hybridized carbons (Fsp3) is 0.400. The lowest BCUT2D eigenvalue weighted by Gasteiger charge is -2.17. The predicted octanol–water partition coefficient (Wildman–Crippen LogP) is 1.09. The first-order valence-electron chi connectivity index (χ1n) is 4.69. The molecule has 6 nitrogen and oxygen atoms in total. The van der Waals surface area contributed by atoms with Gasteiger partial charge in [-0.2, -0.15) is 0 Å². The van der Waals surface area contributed by atoms with Gasteiger partial charge in [-0.1, -0.05) is 0 Å². The number of hydrogen-bond donors (Lipinski definition) is 2. The molecule has 0 saturated carbocycles. The molecule has 0 bridgehead atoms. The molecule has 0 amide bonds. The van der Waals surface area contributed by atoms with Crippen LogP contribution in [0.1, 0.15) is 30.2 Å². The average molecular weight is 260 g/mol. The summed E-state index contributed by atoms with van der Waals surface area (Å²) in [5.74, 6) is -2.60. The molecule has 1 rings (SSSR count). The molecule has 1 aromatic heterocycles. The van der Waals surface area contributed by atoms with Gasteiger partial charge in [-0.05, 0) is 26.0 Å². The Morgan fingerprint density at radius 1 is 1.35 bits per heavy atom. The molecule has 2 N–H and O–H groups in total. The average Bonchev–Trinajstić information content (AvgIpc) is 2.65. The van der Waals surface area contributed by atoms with Crippen LogP contribution in [-0.2, 0) is 21.3 Å². The monoisotopic (exact) mass is 260 g/mol. The molecule has 1 unspecified atom stereocenters. The molecule has 7 heteroatoms. The maximum atomic E-state index is 11.8. The van der Waals surface area contributed by atoms with Crippen molar-refractivity contribution in [2.45, 2.75) is 24.3 Å². The van der Waals surface area contributed by atoms with Gasteiger partial charge in [0.2, 0.25) is 5.76 Å². The Labute approximate surface area is 99.7 Å². The van der Waals surface area contributed by atoms with Crippen molar-refractivity contribution >= 4 is 22.7 Å². The molecule has 1 heterocycles. The van der Waals surface area contributed by atoms with Gasteiger partial charge in [0.05, 0.1) is 5.75 Å². The molecule has 0 spiro atoms. The first-order valence-corrected chi connectivity index (χ1v) is 6.01. The second-order valence-electron chi connectivity index (χ2n) is 3.88. The molecule has 0 radical (unpaired) electrons. The maximum absolute atomic E-state index is 11.8. The van der Waals surface area contributed by atoms with E-state index in [-0.39, 0.29) is 17.3 Å². The SMILES string of the molecule is CC(C)(C(=O)O)S(=O)Cc1ccc(C(=O)O)o1. The highest BCUT2D eigenvalue weighted by Gasteiger charge is 2.34. The Morgan fingerprint density at radius 3 is 2.35 bits per heavy atom. The lowest BCUT2D eigenvalue weighted by Crippen LogP contribution is -2.37. The van der Waals surface area contributed by atoms with E-state index < -0.39 is 27.5 Å². The van der Waals surface area contributed by atoms with E-state index in [2.05, 4.69) is 0 Å². The lowest BCUT2D eigenvalue weighted by atomic mass is 10.2. The van der Waals surface area contributed by atoms with E-state index >= 15 is 0 Å². The van der Waals surface area contributed by atoms with Crippen LogP contribution in [0, 0.1) is 0 Å². The van der Waals surface area contributed by atoms with Gasteiger partial charge in [0.15, 0.2) is 0 Å². The molecule has 0 fully saturated rings. The number of carboxylic acids is 2. The number of furan rings is 1. The number of aliphatic carboxylic acids is 1. The van der Waals surface area contributed by atoms with Crippen LogP contribution in [0.4, 0.5) is 0 Å². The van der Waals surface area contributed by atoms with Crippen LogP contribution >= 0.6 is 0 Å². The van der Waals surface area contributed by atoms with E-state index in [0.29, 0.717) is 0 Å². The topological polar surface area (TPSA) is 105 Å². The van der Waals surface area contributed by atoms with Crippen LogP contribution in [-0.4, -0.2) is 31.1 Å². The van der Waals surface area contributed by atoms with E-state index in [9.17, 15) is 13.8 Å². The van der Waals surface area contributed by atoms with Gasteiger partial charge >= 0.3 is 11.9 Å². The Bertz CT molecular complexity index is 473. The summed E-state index contributed by atoms with van der Waals surface area (Å²) in [4.78, 5) is 21.4. The summed E-state index contributed by atoms with van der Waals surface area (Å²) >= 11 is 0. The van der Waals surface area contributed by atoms with Crippen LogP contribution < -0.4 is 0 Å². The third kappa shape index (κ3) is 2.94. The summed E-state index contributed by atoms with van der Waals surface area (Å²) in [6.45, 7) is 2.68. The van der Waals surface area contributed by atoms with Crippen molar-refractivity contribution in [2.24, 2.45) is 0 Å².